The zero-order chi connectivity index (χ0) is 28.9. The molecule has 0 aliphatic rings. The SMILES string of the molecule is CCN=C(c1cc2c(-c3cc(F)cc(OC)c3)cncc2[nH]1)c1cc(-c2cncc(OCCN(C)C)c2)ccc1C. The Morgan fingerprint density at radius 3 is 2.51 bits per heavy atom. The molecule has 3 aromatic heterocycles. The van der Waals surface area contributed by atoms with Crippen LogP contribution in [0, 0.1) is 12.7 Å². The van der Waals surface area contributed by atoms with Crippen LogP contribution in [0.1, 0.15) is 23.7 Å². The number of benzene rings is 2. The van der Waals surface area contributed by atoms with Gasteiger partial charge in [0.2, 0.25) is 0 Å². The van der Waals surface area contributed by atoms with E-state index in [2.05, 4.69) is 51.0 Å². The van der Waals surface area contributed by atoms with Crippen LogP contribution >= 0.6 is 0 Å². The highest BCUT2D eigenvalue weighted by Crippen LogP contribution is 2.33. The molecule has 0 aliphatic carbocycles. The largest absolute Gasteiger partial charge is 0.497 e. The predicted molar refractivity (Wildman–Crippen MR) is 163 cm³/mol. The summed E-state index contributed by atoms with van der Waals surface area (Å²) in [7, 11) is 5.56. The van der Waals surface area contributed by atoms with Crippen molar-refractivity contribution in [2.75, 3.05) is 40.9 Å². The van der Waals surface area contributed by atoms with Gasteiger partial charge in [-0.1, -0.05) is 12.1 Å². The van der Waals surface area contributed by atoms with Crippen molar-refractivity contribution >= 4 is 16.6 Å². The van der Waals surface area contributed by atoms with Gasteiger partial charge in [-0.25, -0.2) is 4.39 Å². The Morgan fingerprint density at radius 1 is 0.927 bits per heavy atom. The standard InChI is InChI=1S/C33H34FN5O2/c1-6-37-33(28-14-22(8-7-21(28)2)24-13-27(18-35-17-24)41-10-9-39(3)4)31-16-29-30(19-36-20-32(29)38-31)23-11-25(34)15-26(12-23)40-5/h7-8,11-20,38H,6,9-10H2,1-5H3. The number of ether oxygens (including phenoxy) is 2. The van der Waals surface area contributed by atoms with Gasteiger partial charge in [0.1, 0.15) is 23.9 Å². The molecule has 0 fully saturated rings. The molecule has 8 heteroatoms. The number of hydrogen-bond donors (Lipinski definition) is 1. The van der Waals surface area contributed by atoms with Crippen molar-refractivity contribution in [2.24, 2.45) is 4.99 Å². The average molecular weight is 552 g/mol. The Hall–Kier alpha value is -4.56. The van der Waals surface area contributed by atoms with Crippen molar-refractivity contribution in [1.82, 2.24) is 19.9 Å². The number of aryl methyl sites for hydroxylation is 1. The molecule has 0 radical (unpaired) electrons. The monoisotopic (exact) mass is 551 g/mol. The molecule has 2 aromatic carbocycles. The summed E-state index contributed by atoms with van der Waals surface area (Å²) in [6, 6.07) is 15.1. The molecule has 5 aromatic rings. The molecule has 5 rings (SSSR count). The van der Waals surface area contributed by atoms with Crippen molar-refractivity contribution in [2.45, 2.75) is 13.8 Å². The Bertz CT molecular complexity index is 1710. The summed E-state index contributed by atoms with van der Waals surface area (Å²) in [5.41, 5.74) is 8.13. The summed E-state index contributed by atoms with van der Waals surface area (Å²) in [5, 5.41) is 0.923. The third-order valence-electron chi connectivity index (χ3n) is 6.88. The number of methoxy groups -OCH3 is 1. The Kier molecular flexibility index (Phi) is 8.40. The van der Waals surface area contributed by atoms with E-state index >= 15 is 0 Å². The van der Waals surface area contributed by atoms with E-state index in [0.717, 1.165) is 62.4 Å². The van der Waals surface area contributed by atoms with Gasteiger partial charge >= 0.3 is 0 Å². The summed E-state index contributed by atoms with van der Waals surface area (Å²) in [4.78, 5) is 19.3. The Labute approximate surface area is 239 Å². The zero-order valence-corrected chi connectivity index (χ0v) is 24.0. The van der Waals surface area contributed by atoms with Gasteiger partial charge in [-0.2, -0.15) is 0 Å². The molecule has 0 unspecified atom stereocenters. The first-order chi connectivity index (χ1) is 19.9. The maximum Gasteiger partial charge on any atom is 0.138 e. The van der Waals surface area contributed by atoms with E-state index in [-0.39, 0.29) is 5.82 Å². The van der Waals surface area contributed by atoms with E-state index in [9.17, 15) is 4.39 Å². The van der Waals surface area contributed by atoms with Crippen molar-refractivity contribution in [3.05, 3.63) is 96.0 Å². The third kappa shape index (κ3) is 6.28. The minimum Gasteiger partial charge on any atom is -0.497 e. The molecule has 3 heterocycles. The normalized spacial score (nSPS) is 11.8. The van der Waals surface area contributed by atoms with E-state index in [1.54, 1.807) is 18.6 Å². The van der Waals surface area contributed by atoms with Gasteiger partial charge in [0, 0.05) is 53.6 Å². The van der Waals surface area contributed by atoms with Gasteiger partial charge in [-0.05, 0) is 75.0 Å². The number of aromatic nitrogens is 3. The molecule has 7 nitrogen and oxygen atoms in total. The maximum atomic E-state index is 14.4. The molecule has 210 valence electrons. The second-order valence-corrected chi connectivity index (χ2v) is 10.1. The van der Waals surface area contributed by atoms with Crippen molar-refractivity contribution in [3.63, 3.8) is 0 Å². The van der Waals surface area contributed by atoms with Crippen molar-refractivity contribution < 1.29 is 13.9 Å². The minimum absolute atomic E-state index is 0.366. The quantitative estimate of drug-likeness (QED) is 0.199. The number of nitrogens with one attached hydrogen (secondary N) is 1. The molecule has 0 saturated heterocycles. The number of hydrogen-bond acceptors (Lipinski definition) is 6. The second kappa shape index (κ2) is 12.3. The summed E-state index contributed by atoms with van der Waals surface area (Å²) in [6.07, 6.45) is 7.11. The minimum atomic E-state index is -0.366. The van der Waals surface area contributed by atoms with Gasteiger partial charge < -0.3 is 19.4 Å². The molecule has 0 spiro atoms. The predicted octanol–water partition coefficient (Wildman–Crippen LogP) is 6.55. The van der Waals surface area contributed by atoms with E-state index in [4.69, 9.17) is 14.5 Å². The van der Waals surface area contributed by atoms with Gasteiger partial charge in [-0.3, -0.25) is 15.0 Å². The fraction of sp³-hybridized carbons (Fsp3) is 0.242. The zero-order valence-electron chi connectivity index (χ0n) is 24.0. The van der Waals surface area contributed by atoms with Gasteiger partial charge in [0.25, 0.3) is 0 Å². The lowest BCUT2D eigenvalue weighted by molar-refractivity contribution is 0.261. The molecular weight excluding hydrogens is 517 g/mol. The number of nitrogens with zero attached hydrogens (tertiary/aromatic N) is 4. The highest BCUT2D eigenvalue weighted by Gasteiger charge is 2.17. The summed E-state index contributed by atoms with van der Waals surface area (Å²) < 4.78 is 25.6. The first-order valence-corrected chi connectivity index (χ1v) is 13.6. The number of pyridine rings is 2. The van der Waals surface area contributed by atoms with Crippen LogP contribution in [-0.2, 0) is 0 Å². The van der Waals surface area contributed by atoms with Crippen LogP contribution in [0.5, 0.6) is 11.5 Å². The van der Waals surface area contributed by atoms with Crippen LogP contribution < -0.4 is 9.47 Å². The highest BCUT2D eigenvalue weighted by molar-refractivity contribution is 6.15. The first-order valence-electron chi connectivity index (χ1n) is 13.6. The van der Waals surface area contributed by atoms with Crippen LogP contribution in [0.15, 0.2) is 78.3 Å². The van der Waals surface area contributed by atoms with Crippen molar-refractivity contribution in [1.29, 1.82) is 0 Å². The number of aliphatic imine (C=N–C) groups is 1. The van der Waals surface area contributed by atoms with Crippen LogP contribution in [-0.4, -0.2) is 66.5 Å². The lowest BCUT2D eigenvalue weighted by Crippen LogP contribution is -2.19. The topological polar surface area (TPSA) is 75.6 Å². The average Bonchev–Trinajstić information content (AvgIpc) is 3.40. The molecule has 0 saturated carbocycles. The molecule has 41 heavy (non-hydrogen) atoms. The summed E-state index contributed by atoms with van der Waals surface area (Å²) in [5.74, 6) is 0.822. The fourth-order valence-electron chi connectivity index (χ4n) is 4.78. The van der Waals surface area contributed by atoms with Crippen LogP contribution in [0.3, 0.4) is 0 Å². The summed E-state index contributed by atoms with van der Waals surface area (Å²) in [6.45, 7) is 6.12. The molecule has 0 amide bonds. The third-order valence-corrected chi connectivity index (χ3v) is 6.88. The van der Waals surface area contributed by atoms with E-state index in [1.807, 2.05) is 39.3 Å². The number of rotatable bonds is 10. The molecule has 0 bridgehead atoms. The first kappa shape index (κ1) is 28.0. The van der Waals surface area contributed by atoms with Crippen LogP contribution in [0.25, 0.3) is 33.2 Å². The van der Waals surface area contributed by atoms with E-state index in [1.165, 1.54) is 19.2 Å². The highest BCUT2D eigenvalue weighted by atomic mass is 19.1. The van der Waals surface area contributed by atoms with E-state index in [0.29, 0.717) is 24.5 Å². The van der Waals surface area contributed by atoms with Crippen LogP contribution in [0.2, 0.25) is 0 Å². The number of fused-ring (bicyclic) bond motifs is 1. The lowest BCUT2D eigenvalue weighted by Gasteiger charge is -2.13. The Morgan fingerprint density at radius 2 is 1.73 bits per heavy atom. The number of aromatic amines is 1. The molecule has 0 atom stereocenters. The lowest BCUT2D eigenvalue weighted by atomic mass is 9.96. The van der Waals surface area contributed by atoms with Gasteiger partial charge in [-0.15, -0.1) is 0 Å². The van der Waals surface area contributed by atoms with Gasteiger partial charge in [0.15, 0.2) is 0 Å². The van der Waals surface area contributed by atoms with E-state index < -0.39 is 0 Å². The van der Waals surface area contributed by atoms with Gasteiger partial charge in [0.05, 0.1) is 36.4 Å². The fourth-order valence-corrected chi connectivity index (χ4v) is 4.78. The summed E-state index contributed by atoms with van der Waals surface area (Å²) >= 11 is 0. The van der Waals surface area contributed by atoms with Crippen molar-refractivity contribution in [3.8, 4) is 33.8 Å². The molecular formula is C33H34FN5O2. The second-order valence-electron chi connectivity index (χ2n) is 10.1. The molecule has 0 aliphatic heterocycles. The number of halogens is 1. The number of likely N-dealkylation sites (N-methyl/N-ethyl adjacent to an activating group) is 1. The molecule has 1 N–H and O–H groups in total. The maximum absolute atomic E-state index is 14.4. The number of H-pyrrole nitrogens is 1. The Balaban J connectivity index is 1.54. The smallest absolute Gasteiger partial charge is 0.138 e. The van der Waals surface area contributed by atoms with Crippen LogP contribution in [0.4, 0.5) is 4.39 Å².